The maximum atomic E-state index is 12.5. The van der Waals surface area contributed by atoms with Crippen LogP contribution in [0.2, 0.25) is 0 Å². The Balaban J connectivity index is 1.77. The van der Waals surface area contributed by atoms with Crippen LogP contribution in [0.1, 0.15) is 18.5 Å². The lowest BCUT2D eigenvalue weighted by Gasteiger charge is -2.28. The Morgan fingerprint density at radius 1 is 1.11 bits per heavy atom. The van der Waals surface area contributed by atoms with Gasteiger partial charge in [-0.25, -0.2) is 9.48 Å². The fourth-order valence-electron chi connectivity index (χ4n) is 3.15. The zero-order valence-electron chi connectivity index (χ0n) is 14.9. The van der Waals surface area contributed by atoms with Crippen molar-refractivity contribution in [2.24, 2.45) is 0 Å². The van der Waals surface area contributed by atoms with Crippen LogP contribution in [0.4, 0.5) is 5.95 Å². The average Bonchev–Trinajstić information content (AvgIpc) is 3.15. The predicted octanol–water partition coefficient (Wildman–Crippen LogP) is 3.53. The van der Waals surface area contributed by atoms with Gasteiger partial charge >= 0.3 is 5.97 Å². The molecule has 0 amide bonds. The third-order valence-corrected chi connectivity index (χ3v) is 4.35. The van der Waals surface area contributed by atoms with E-state index in [1.807, 2.05) is 61.5 Å². The van der Waals surface area contributed by atoms with Crippen LogP contribution in [0.25, 0.3) is 0 Å². The van der Waals surface area contributed by atoms with Crippen molar-refractivity contribution in [2.75, 3.05) is 12.4 Å². The van der Waals surface area contributed by atoms with Crippen LogP contribution < -0.4 is 10.1 Å². The molecule has 7 nitrogen and oxygen atoms in total. The summed E-state index contributed by atoms with van der Waals surface area (Å²) in [5.41, 5.74) is 2.01. The summed E-state index contributed by atoms with van der Waals surface area (Å²) < 4.78 is 12.6. The van der Waals surface area contributed by atoms with Crippen LogP contribution in [0, 0.1) is 0 Å². The number of anilines is 1. The van der Waals surface area contributed by atoms with E-state index in [4.69, 9.17) is 9.47 Å². The number of esters is 1. The summed E-state index contributed by atoms with van der Waals surface area (Å²) in [6.45, 7) is 1.82. The molecule has 1 aliphatic rings. The maximum absolute atomic E-state index is 12.5. The van der Waals surface area contributed by atoms with Gasteiger partial charge < -0.3 is 14.8 Å². The van der Waals surface area contributed by atoms with Crippen LogP contribution in [0.15, 0.2) is 72.2 Å². The summed E-state index contributed by atoms with van der Waals surface area (Å²) in [5.74, 6) is 1.56. The number of ether oxygens (including phenoxy) is 2. The second kappa shape index (κ2) is 6.95. The standard InChI is InChI=1S/C20H18N4O3/c1-13-17(19(25)26-2)18(24-20(23-13)21-12-22-24)14-7-6-10-16(11-14)27-15-8-4-3-5-9-15/h3-12,18H,1-2H3,(H,21,22,23)/t18-/m1/s1. The minimum atomic E-state index is -0.462. The highest BCUT2D eigenvalue weighted by Gasteiger charge is 2.34. The molecule has 0 spiro atoms. The summed E-state index contributed by atoms with van der Waals surface area (Å²) in [5, 5.41) is 7.39. The highest BCUT2D eigenvalue weighted by Crippen LogP contribution is 2.36. The van der Waals surface area contributed by atoms with Crippen LogP contribution in [-0.4, -0.2) is 27.8 Å². The molecule has 0 saturated heterocycles. The number of para-hydroxylation sites is 1. The highest BCUT2D eigenvalue weighted by molar-refractivity contribution is 5.92. The van der Waals surface area contributed by atoms with E-state index in [2.05, 4.69) is 15.4 Å². The summed E-state index contributed by atoms with van der Waals surface area (Å²) in [6, 6.07) is 16.6. The molecule has 7 heteroatoms. The summed E-state index contributed by atoms with van der Waals surface area (Å²) in [4.78, 5) is 16.7. The zero-order chi connectivity index (χ0) is 18.8. The Bertz CT molecular complexity index is 1010. The number of benzene rings is 2. The van der Waals surface area contributed by atoms with E-state index in [0.717, 1.165) is 11.3 Å². The van der Waals surface area contributed by atoms with Gasteiger partial charge in [-0.3, -0.25) is 0 Å². The number of hydrogen-bond acceptors (Lipinski definition) is 6. The van der Waals surface area contributed by atoms with E-state index in [0.29, 0.717) is 23.0 Å². The Hall–Kier alpha value is -3.61. The number of methoxy groups -OCH3 is 1. The lowest BCUT2D eigenvalue weighted by molar-refractivity contribution is -0.136. The van der Waals surface area contributed by atoms with Crippen molar-refractivity contribution in [3.8, 4) is 11.5 Å². The van der Waals surface area contributed by atoms with Gasteiger partial charge in [-0.2, -0.15) is 10.1 Å². The third kappa shape index (κ3) is 3.15. The lowest BCUT2D eigenvalue weighted by Crippen LogP contribution is -2.29. The SMILES string of the molecule is COC(=O)C1=C(C)Nc2ncnn2[C@@H]1c1cccc(Oc2ccccc2)c1. The number of rotatable bonds is 4. The number of carbonyl (C=O) groups excluding carboxylic acids is 1. The Morgan fingerprint density at radius 2 is 1.89 bits per heavy atom. The molecule has 3 aromatic rings. The number of allylic oxidation sites excluding steroid dienone is 1. The first-order valence-electron chi connectivity index (χ1n) is 8.46. The van der Waals surface area contributed by atoms with E-state index in [-0.39, 0.29) is 0 Å². The van der Waals surface area contributed by atoms with Crippen molar-refractivity contribution in [3.63, 3.8) is 0 Å². The molecule has 136 valence electrons. The molecule has 0 radical (unpaired) electrons. The first kappa shape index (κ1) is 16.8. The second-order valence-corrected chi connectivity index (χ2v) is 6.07. The number of nitrogens with one attached hydrogen (secondary N) is 1. The van der Waals surface area contributed by atoms with Crippen LogP contribution in [0.5, 0.6) is 11.5 Å². The van der Waals surface area contributed by atoms with Crippen molar-refractivity contribution >= 4 is 11.9 Å². The summed E-state index contributed by atoms with van der Waals surface area (Å²) in [7, 11) is 1.37. The largest absolute Gasteiger partial charge is 0.466 e. The number of aromatic nitrogens is 3. The fourth-order valence-corrected chi connectivity index (χ4v) is 3.15. The predicted molar refractivity (Wildman–Crippen MR) is 99.5 cm³/mol. The first-order valence-corrected chi connectivity index (χ1v) is 8.46. The summed E-state index contributed by atoms with van der Waals surface area (Å²) >= 11 is 0. The third-order valence-electron chi connectivity index (χ3n) is 4.35. The Kier molecular flexibility index (Phi) is 4.33. The molecule has 1 N–H and O–H groups in total. The molecule has 4 rings (SSSR count). The number of fused-ring (bicyclic) bond motifs is 1. The minimum absolute atomic E-state index is 0.416. The van der Waals surface area contributed by atoms with E-state index >= 15 is 0 Å². The molecule has 0 aliphatic carbocycles. The van der Waals surface area contributed by atoms with Crippen molar-refractivity contribution in [3.05, 3.63) is 77.8 Å². The molecule has 0 bridgehead atoms. The van der Waals surface area contributed by atoms with Gasteiger partial charge in [0.15, 0.2) is 0 Å². The Labute approximate surface area is 156 Å². The molecule has 2 heterocycles. The van der Waals surface area contributed by atoms with Gasteiger partial charge in [-0.15, -0.1) is 0 Å². The molecule has 2 aromatic carbocycles. The van der Waals surface area contributed by atoms with Gasteiger partial charge in [-0.05, 0) is 36.8 Å². The van der Waals surface area contributed by atoms with Gasteiger partial charge in [0.2, 0.25) is 5.95 Å². The summed E-state index contributed by atoms with van der Waals surface area (Å²) in [6.07, 6.45) is 1.45. The van der Waals surface area contributed by atoms with Gasteiger partial charge in [0.25, 0.3) is 0 Å². The lowest BCUT2D eigenvalue weighted by atomic mass is 9.95. The molecule has 0 fully saturated rings. The van der Waals surface area contributed by atoms with Gasteiger partial charge in [0.1, 0.15) is 23.9 Å². The Morgan fingerprint density at radius 3 is 2.67 bits per heavy atom. The van der Waals surface area contributed by atoms with Crippen molar-refractivity contribution < 1.29 is 14.3 Å². The topological polar surface area (TPSA) is 78.3 Å². The van der Waals surface area contributed by atoms with E-state index in [9.17, 15) is 4.79 Å². The van der Waals surface area contributed by atoms with Crippen molar-refractivity contribution in [1.29, 1.82) is 0 Å². The molecule has 0 saturated carbocycles. The quantitative estimate of drug-likeness (QED) is 0.716. The molecule has 27 heavy (non-hydrogen) atoms. The zero-order valence-corrected chi connectivity index (χ0v) is 14.9. The van der Waals surface area contributed by atoms with Crippen molar-refractivity contribution in [2.45, 2.75) is 13.0 Å². The van der Waals surface area contributed by atoms with E-state index in [1.54, 1.807) is 4.68 Å². The number of nitrogens with zero attached hydrogens (tertiary/aromatic N) is 3. The molecule has 1 aliphatic heterocycles. The molecule has 1 aromatic heterocycles. The fraction of sp³-hybridized carbons (Fsp3) is 0.150. The molecule has 1 atom stereocenters. The monoisotopic (exact) mass is 362 g/mol. The smallest absolute Gasteiger partial charge is 0.338 e. The molecule has 0 unspecified atom stereocenters. The van der Waals surface area contributed by atoms with Crippen LogP contribution >= 0.6 is 0 Å². The van der Waals surface area contributed by atoms with Crippen molar-refractivity contribution in [1.82, 2.24) is 14.8 Å². The normalized spacial score (nSPS) is 15.7. The average molecular weight is 362 g/mol. The van der Waals surface area contributed by atoms with Gasteiger partial charge in [-0.1, -0.05) is 30.3 Å². The van der Waals surface area contributed by atoms with E-state index < -0.39 is 12.0 Å². The van der Waals surface area contributed by atoms with Crippen LogP contribution in [-0.2, 0) is 9.53 Å². The first-order chi connectivity index (χ1) is 13.2. The number of carbonyl (C=O) groups is 1. The van der Waals surface area contributed by atoms with Gasteiger partial charge in [0.05, 0.1) is 12.7 Å². The molecular weight excluding hydrogens is 344 g/mol. The van der Waals surface area contributed by atoms with E-state index in [1.165, 1.54) is 13.4 Å². The minimum Gasteiger partial charge on any atom is -0.466 e. The highest BCUT2D eigenvalue weighted by atomic mass is 16.5. The second-order valence-electron chi connectivity index (χ2n) is 6.07. The maximum Gasteiger partial charge on any atom is 0.338 e. The number of hydrogen-bond donors (Lipinski definition) is 1. The van der Waals surface area contributed by atoms with Gasteiger partial charge in [0, 0.05) is 5.70 Å². The van der Waals surface area contributed by atoms with Crippen LogP contribution in [0.3, 0.4) is 0 Å². The molecular formula is C20H18N4O3.